The van der Waals surface area contributed by atoms with Crippen LogP contribution < -0.4 is 10.6 Å². The van der Waals surface area contributed by atoms with Crippen LogP contribution in [-0.2, 0) is 10.0 Å². The summed E-state index contributed by atoms with van der Waals surface area (Å²) in [5.74, 6) is 0. The van der Waals surface area contributed by atoms with Gasteiger partial charge in [-0.1, -0.05) is 28.1 Å². The van der Waals surface area contributed by atoms with Gasteiger partial charge in [0.05, 0.1) is 16.0 Å². The van der Waals surface area contributed by atoms with Crippen molar-refractivity contribution in [1.82, 2.24) is 0 Å². The van der Waals surface area contributed by atoms with Crippen LogP contribution in [0.25, 0.3) is 0 Å². The van der Waals surface area contributed by atoms with Gasteiger partial charge in [0.15, 0.2) is 0 Å². The van der Waals surface area contributed by atoms with Crippen molar-refractivity contribution in [2.24, 2.45) is 10.2 Å². The first kappa shape index (κ1) is 17.1. The van der Waals surface area contributed by atoms with Crippen LogP contribution in [0, 0.1) is 10.1 Å². The molecule has 0 radical (unpaired) electrons. The molecular formula is C13H11BrN4O4S. The fourth-order valence-electron chi connectivity index (χ4n) is 1.70. The monoisotopic (exact) mass is 398 g/mol. The first-order valence-corrected chi connectivity index (χ1v) is 8.47. The van der Waals surface area contributed by atoms with Crippen LogP contribution in [0.1, 0.15) is 5.56 Å². The Kier molecular flexibility index (Phi) is 5.08. The molecular weight excluding hydrogens is 388 g/mol. The van der Waals surface area contributed by atoms with Crippen molar-refractivity contribution in [1.29, 1.82) is 0 Å². The predicted molar refractivity (Wildman–Crippen MR) is 89.8 cm³/mol. The van der Waals surface area contributed by atoms with E-state index in [9.17, 15) is 18.5 Å². The summed E-state index contributed by atoms with van der Waals surface area (Å²) in [6.07, 6.45) is 1.47. The highest BCUT2D eigenvalue weighted by Gasteiger charge is 2.18. The Labute approximate surface area is 140 Å². The molecule has 0 saturated carbocycles. The molecule has 120 valence electrons. The summed E-state index contributed by atoms with van der Waals surface area (Å²) in [6, 6.07) is 10.6. The van der Waals surface area contributed by atoms with E-state index in [0.717, 1.165) is 16.1 Å². The van der Waals surface area contributed by atoms with E-state index < -0.39 is 20.6 Å². The van der Waals surface area contributed by atoms with Crippen LogP contribution >= 0.6 is 15.9 Å². The number of hydrazone groups is 1. The van der Waals surface area contributed by atoms with Gasteiger partial charge in [0, 0.05) is 10.5 Å². The average Bonchev–Trinajstić information content (AvgIpc) is 2.46. The molecule has 0 aliphatic heterocycles. The van der Waals surface area contributed by atoms with E-state index >= 15 is 0 Å². The van der Waals surface area contributed by atoms with Gasteiger partial charge in [-0.3, -0.25) is 15.5 Å². The molecule has 23 heavy (non-hydrogen) atoms. The number of halogens is 1. The lowest BCUT2D eigenvalue weighted by molar-refractivity contribution is -0.384. The second-order valence-electron chi connectivity index (χ2n) is 4.41. The molecule has 2 rings (SSSR count). The van der Waals surface area contributed by atoms with E-state index in [1.807, 2.05) is 18.2 Å². The third-order valence-electron chi connectivity index (χ3n) is 2.74. The highest BCUT2D eigenvalue weighted by atomic mass is 79.9. The summed E-state index contributed by atoms with van der Waals surface area (Å²) in [5.41, 5.74) is 2.90. The number of nitrogens with two attached hydrogens (primary N) is 1. The maximum Gasteiger partial charge on any atom is 0.295 e. The summed E-state index contributed by atoms with van der Waals surface area (Å²) >= 11 is 3.32. The smallest absolute Gasteiger partial charge is 0.272 e. The zero-order valence-corrected chi connectivity index (χ0v) is 13.9. The number of nitro groups is 1. The van der Waals surface area contributed by atoms with Gasteiger partial charge in [0.2, 0.25) is 10.0 Å². The van der Waals surface area contributed by atoms with Crippen molar-refractivity contribution >= 4 is 43.5 Å². The highest BCUT2D eigenvalue weighted by Crippen LogP contribution is 2.27. The minimum Gasteiger partial charge on any atom is -0.272 e. The number of rotatable bonds is 5. The molecule has 8 nitrogen and oxygen atoms in total. The molecule has 0 aliphatic rings. The highest BCUT2D eigenvalue weighted by molar-refractivity contribution is 9.10. The van der Waals surface area contributed by atoms with Crippen LogP contribution in [0.2, 0.25) is 0 Å². The molecule has 2 aromatic carbocycles. The van der Waals surface area contributed by atoms with E-state index in [0.29, 0.717) is 0 Å². The van der Waals surface area contributed by atoms with Crippen molar-refractivity contribution in [3.63, 3.8) is 0 Å². The fraction of sp³-hybridized carbons (Fsp3) is 0. The van der Waals surface area contributed by atoms with E-state index in [1.165, 1.54) is 18.3 Å². The maximum atomic E-state index is 11.3. The fourth-order valence-corrected chi connectivity index (χ4v) is 2.65. The van der Waals surface area contributed by atoms with E-state index in [-0.39, 0.29) is 10.6 Å². The first-order valence-electron chi connectivity index (χ1n) is 6.13. The van der Waals surface area contributed by atoms with Crippen LogP contribution in [0.3, 0.4) is 0 Å². The van der Waals surface area contributed by atoms with Gasteiger partial charge in [-0.2, -0.15) is 5.10 Å². The standard InChI is InChI=1S/C13H11BrN4O4S/c14-10-3-1-2-9(6-10)8-16-17-12-5-4-11(23(15,21)22)7-13(12)18(19)20/h1-8,17H,(H2,15,21,22)/b16-8-. The lowest BCUT2D eigenvalue weighted by atomic mass is 10.2. The number of hydrogen-bond donors (Lipinski definition) is 2. The van der Waals surface area contributed by atoms with Crippen molar-refractivity contribution in [3.8, 4) is 0 Å². The van der Waals surface area contributed by atoms with Gasteiger partial charge in [-0.15, -0.1) is 0 Å². The van der Waals surface area contributed by atoms with E-state index in [1.54, 1.807) is 6.07 Å². The Bertz CT molecular complexity index is 883. The molecule has 0 heterocycles. The number of nitrogens with one attached hydrogen (secondary N) is 1. The third-order valence-corrected chi connectivity index (χ3v) is 4.15. The number of nitro benzene ring substituents is 1. The Hall–Kier alpha value is -2.30. The second-order valence-corrected chi connectivity index (χ2v) is 6.88. The molecule has 0 saturated heterocycles. The quantitative estimate of drug-likeness (QED) is 0.454. The average molecular weight is 399 g/mol. The molecule has 0 bridgehead atoms. The van der Waals surface area contributed by atoms with Crippen molar-refractivity contribution in [2.75, 3.05) is 5.43 Å². The third kappa shape index (κ3) is 4.58. The molecule has 0 aliphatic carbocycles. The Morgan fingerprint density at radius 1 is 1.26 bits per heavy atom. The number of hydrogen-bond acceptors (Lipinski definition) is 6. The number of anilines is 1. The molecule has 0 fully saturated rings. The van der Waals surface area contributed by atoms with Gasteiger partial charge in [-0.25, -0.2) is 13.6 Å². The zero-order valence-electron chi connectivity index (χ0n) is 11.5. The number of sulfonamides is 1. The van der Waals surface area contributed by atoms with Gasteiger partial charge >= 0.3 is 0 Å². The largest absolute Gasteiger partial charge is 0.295 e. The summed E-state index contributed by atoms with van der Waals surface area (Å²) in [6.45, 7) is 0. The molecule has 0 amide bonds. The SMILES string of the molecule is NS(=O)(=O)c1ccc(N/N=C\c2cccc(Br)c2)c([N+](=O)[O-])c1. The van der Waals surface area contributed by atoms with Crippen LogP contribution in [0.15, 0.2) is 56.9 Å². The van der Waals surface area contributed by atoms with Gasteiger partial charge in [0.1, 0.15) is 5.69 Å². The van der Waals surface area contributed by atoms with Gasteiger partial charge in [0.25, 0.3) is 5.69 Å². The molecule has 2 aromatic rings. The maximum absolute atomic E-state index is 11.3. The zero-order chi connectivity index (χ0) is 17.0. The van der Waals surface area contributed by atoms with E-state index in [2.05, 4.69) is 26.5 Å². The predicted octanol–water partition coefficient (Wildman–Crippen LogP) is 2.45. The lowest BCUT2D eigenvalue weighted by Crippen LogP contribution is -2.12. The second kappa shape index (κ2) is 6.86. The van der Waals surface area contributed by atoms with Gasteiger partial charge in [-0.05, 0) is 29.8 Å². The van der Waals surface area contributed by atoms with Crippen LogP contribution in [0.4, 0.5) is 11.4 Å². The Balaban J connectivity index is 2.27. The Morgan fingerprint density at radius 2 is 2.00 bits per heavy atom. The topological polar surface area (TPSA) is 128 Å². The van der Waals surface area contributed by atoms with E-state index in [4.69, 9.17) is 5.14 Å². The van der Waals surface area contributed by atoms with Crippen LogP contribution in [-0.4, -0.2) is 19.6 Å². The minimum atomic E-state index is -4.02. The molecule has 0 unspecified atom stereocenters. The first-order chi connectivity index (χ1) is 10.8. The molecule has 10 heteroatoms. The molecule has 0 atom stereocenters. The minimum absolute atomic E-state index is 0.0497. The number of primary sulfonamides is 1. The van der Waals surface area contributed by atoms with Crippen molar-refractivity contribution < 1.29 is 13.3 Å². The van der Waals surface area contributed by atoms with Crippen molar-refractivity contribution in [3.05, 3.63) is 62.6 Å². The summed E-state index contributed by atoms with van der Waals surface area (Å²) in [7, 11) is -4.02. The van der Waals surface area contributed by atoms with Crippen LogP contribution in [0.5, 0.6) is 0 Å². The summed E-state index contributed by atoms with van der Waals surface area (Å²) < 4.78 is 23.4. The normalized spacial score (nSPS) is 11.6. The number of benzene rings is 2. The van der Waals surface area contributed by atoms with Crippen molar-refractivity contribution in [2.45, 2.75) is 4.90 Å². The summed E-state index contributed by atoms with van der Waals surface area (Å²) in [5, 5.41) is 19.9. The number of nitrogens with zero attached hydrogens (tertiary/aromatic N) is 2. The summed E-state index contributed by atoms with van der Waals surface area (Å²) in [4.78, 5) is 9.99. The molecule has 0 aromatic heterocycles. The molecule has 0 spiro atoms. The molecule has 3 N–H and O–H groups in total. The Morgan fingerprint density at radius 3 is 2.61 bits per heavy atom. The van der Waals surface area contributed by atoms with Gasteiger partial charge < -0.3 is 0 Å². The lowest BCUT2D eigenvalue weighted by Gasteiger charge is -2.04.